The van der Waals surface area contributed by atoms with E-state index in [0.29, 0.717) is 28.7 Å². The number of methoxy groups -OCH3 is 1. The van der Waals surface area contributed by atoms with E-state index in [1.54, 1.807) is 24.8 Å². The number of carbonyl (C=O) groups excluding carboxylic acids is 2. The molecular formula is C33H47N3O5S. The third-order valence-corrected chi connectivity index (χ3v) is 9.64. The van der Waals surface area contributed by atoms with Crippen LogP contribution in [0.2, 0.25) is 0 Å². The van der Waals surface area contributed by atoms with Crippen molar-refractivity contribution < 1.29 is 24.5 Å². The van der Waals surface area contributed by atoms with E-state index in [1.165, 1.54) is 26.0 Å². The Morgan fingerprint density at radius 3 is 2.45 bits per heavy atom. The summed E-state index contributed by atoms with van der Waals surface area (Å²) in [7, 11) is 1.45. The average Bonchev–Trinajstić information content (AvgIpc) is 2.94. The van der Waals surface area contributed by atoms with Crippen LogP contribution in [0.3, 0.4) is 0 Å². The highest BCUT2D eigenvalue weighted by Crippen LogP contribution is 2.39. The maximum Gasteiger partial charge on any atom is 0.252 e. The molecule has 1 saturated carbocycles. The number of aliphatic hydroxyl groups is 1. The van der Waals surface area contributed by atoms with Gasteiger partial charge in [-0.1, -0.05) is 37.5 Å². The van der Waals surface area contributed by atoms with Gasteiger partial charge in [0.2, 0.25) is 5.91 Å². The van der Waals surface area contributed by atoms with Gasteiger partial charge in [-0.2, -0.15) is 0 Å². The van der Waals surface area contributed by atoms with Crippen molar-refractivity contribution >= 4 is 23.6 Å². The Hall–Kier alpha value is -2.75. The Morgan fingerprint density at radius 1 is 1.10 bits per heavy atom. The molecule has 9 heteroatoms. The molecule has 2 fully saturated rings. The first-order chi connectivity index (χ1) is 20.0. The van der Waals surface area contributed by atoms with Gasteiger partial charge in [-0.25, -0.2) is 0 Å². The lowest BCUT2D eigenvalue weighted by Gasteiger charge is -2.47. The second-order valence-electron chi connectivity index (χ2n) is 12.8. The highest BCUT2D eigenvalue weighted by atomic mass is 32.2. The molecule has 8 nitrogen and oxygen atoms in total. The summed E-state index contributed by atoms with van der Waals surface area (Å²) in [5, 5.41) is 28.1. The lowest BCUT2D eigenvalue weighted by atomic mass is 9.72. The molecule has 0 aromatic heterocycles. The second-order valence-corrected chi connectivity index (χ2v) is 13.9. The van der Waals surface area contributed by atoms with Gasteiger partial charge in [-0.05, 0) is 76.6 Å². The molecular weight excluding hydrogens is 550 g/mol. The quantitative estimate of drug-likeness (QED) is 0.293. The van der Waals surface area contributed by atoms with Gasteiger partial charge in [0.05, 0.1) is 25.3 Å². The minimum absolute atomic E-state index is 0.00443. The maximum absolute atomic E-state index is 13.5. The minimum Gasteiger partial charge on any atom is -0.504 e. The third-order valence-electron chi connectivity index (χ3n) is 8.51. The van der Waals surface area contributed by atoms with Crippen LogP contribution in [0.25, 0.3) is 0 Å². The lowest BCUT2D eigenvalue weighted by molar-refractivity contribution is -0.132. The Morgan fingerprint density at radius 2 is 1.79 bits per heavy atom. The van der Waals surface area contributed by atoms with Crippen LogP contribution in [-0.2, 0) is 4.79 Å². The number of β-amino-alcohol motifs (C(OH)–C–C–N with tert-alkyl or cyclic N) is 1. The highest BCUT2D eigenvalue weighted by Gasteiger charge is 2.41. The van der Waals surface area contributed by atoms with Gasteiger partial charge < -0.3 is 25.6 Å². The molecule has 4 N–H and O–H groups in total. The summed E-state index contributed by atoms with van der Waals surface area (Å²) < 4.78 is 5.31. The summed E-state index contributed by atoms with van der Waals surface area (Å²) in [6.45, 7) is 8.74. The van der Waals surface area contributed by atoms with Crippen molar-refractivity contribution in [1.29, 1.82) is 0 Å². The molecule has 0 bridgehead atoms. The molecule has 2 aromatic rings. The van der Waals surface area contributed by atoms with Gasteiger partial charge in [0.15, 0.2) is 11.5 Å². The Labute approximate surface area is 254 Å². The van der Waals surface area contributed by atoms with E-state index in [-0.39, 0.29) is 41.4 Å². The molecule has 4 rings (SSSR count). The molecule has 2 aliphatic rings. The van der Waals surface area contributed by atoms with Crippen LogP contribution in [0.5, 0.6) is 11.5 Å². The first-order valence-electron chi connectivity index (χ1n) is 15.1. The largest absolute Gasteiger partial charge is 0.504 e. The van der Waals surface area contributed by atoms with E-state index in [4.69, 9.17) is 4.74 Å². The Balaban J connectivity index is 1.56. The number of benzene rings is 2. The number of hydrogen-bond donors (Lipinski definition) is 4. The molecule has 1 saturated heterocycles. The summed E-state index contributed by atoms with van der Waals surface area (Å²) >= 11 is 1.57. The lowest BCUT2D eigenvalue weighted by Crippen LogP contribution is -2.60. The number of rotatable bonds is 10. The Kier molecular flexibility index (Phi) is 10.8. The number of phenolic OH excluding ortho intramolecular Hbond substituents is 1. The van der Waals surface area contributed by atoms with Crippen molar-refractivity contribution in [2.75, 3.05) is 26.0 Å². The summed E-state index contributed by atoms with van der Waals surface area (Å²) in [5.74, 6) is 1.36. The average molecular weight is 598 g/mol. The SMILES string of the molecule is COc1c(O)ccc(C(=O)N[C@@H](CSc2ccccc2)[C@H](O)CN2C[C@H]3CCCC[C@H]3C[C@H]2C(=O)NC(C)(C)C)c1C. The van der Waals surface area contributed by atoms with Gasteiger partial charge >= 0.3 is 0 Å². The summed E-state index contributed by atoms with van der Waals surface area (Å²) in [5.41, 5.74) is 0.547. The third kappa shape index (κ3) is 8.20. The maximum atomic E-state index is 13.5. The van der Waals surface area contributed by atoms with E-state index < -0.39 is 12.1 Å². The van der Waals surface area contributed by atoms with Crippen molar-refractivity contribution in [2.45, 2.75) is 88.4 Å². The van der Waals surface area contributed by atoms with Crippen molar-refractivity contribution in [1.82, 2.24) is 15.5 Å². The number of aliphatic hydroxyl groups excluding tert-OH is 1. The Bertz CT molecular complexity index is 1220. The monoisotopic (exact) mass is 597 g/mol. The fourth-order valence-electron chi connectivity index (χ4n) is 6.37. The molecule has 1 aliphatic carbocycles. The molecule has 1 heterocycles. The number of carbonyl (C=O) groups is 2. The normalized spacial score (nSPS) is 22.5. The van der Waals surface area contributed by atoms with E-state index in [9.17, 15) is 19.8 Å². The predicted octanol–water partition coefficient (Wildman–Crippen LogP) is 4.76. The smallest absolute Gasteiger partial charge is 0.252 e. The topological polar surface area (TPSA) is 111 Å². The number of aromatic hydroxyl groups is 1. The number of thioether (sulfide) groups is 1. The zero-order chi connectivity index (χ0) is 30.4. The van der Waals surface area contributed by atoms with Crippen molar-refractivity contribution in [3.8, 4) is 11.5 Å². The van der Waals surface area contributed by atoms with Gasteiger partial charge in [-0.3, -0.25) is 14.5 Å². The number of nitrogens with zero attached hydrogens (tertiary/aromatic N) is 1. The molecule has 5 atom stereocenters. The van der Waals surface area contributed by atoms with Crippen molar-refractivity contribution in [3.63, 3.8) is 0 Å². The van der Waals surface area contributed by atoms with Crippen LogP contribution in [0.1, 0.15) is 68.8 Å². The zero-order valence-corrected chi connectivity index (χ0v) is 26.4. The van der Waals surface area contributed by atoms with Gasteiger partial charge in [-0.15, -0.1) is 11.8 Å². The standard InChI is InChI=1S/C33H47N3O5S/c1-21-25(15-16-28(37)30(21)41-5)31(39)34-26(20-42-24-13-7-6-8-14-24)29(38)19-36-18-23-12-10-9-11-22(23)17-27(36)32(40)35-33(2,3)4/h6-8,13-16,22-23,26-27,29,37-38H,9-12,17-20H2,1-5H3,(H,34,39)(H,35,40)/t22-,23+,26-,27-,29+/m0/s1. The van der Waals surface area contributed by atoms with Crippen LogP contribution < -0.4 is 15.4 Å². The number of amides is 2. The van der Waals surface area contributed by atoms with E-state index >= 15 is 0 Å². The molecule has 1 aliphatic heterocycles. The first-order valence-corrected chi connectivity index (χ1v) is 16.0. The van der Waals surface area contributed by atoms with Crippen LogP contribution in [0.4, 0.5) is 0 Å². The molecule has 42 heavy (non-hydrogen) atoms. The van der Waals surface area contributed by atoms with Gasteiger partial charge in [0, 0.05) is 40.4 Å². The molecule has 230 valence electrons. The number of hydrogen-bond acceptors (Lipinski definition) is 7. The fraction of sp³-hybridized carbons (Fsp3) is 0.576. The number of likely N-dealkylation sites (tertiary alicyclic amines) is 1. The first kappa shape index (κ1) is 32.2. The summed E-state index contributed by atoms with van der Waals surface area (Å²) in [6.07, 6.45) is 4.61. The van der Waals surface area contributed by atoms with Crippen LogP contribution >= 0.6 is 11.8 Å². The van der Waals surface area contributed by atoms with Crippen LogP contribution in [0.15, 0.2) is 47.4 Å². The molecule has 0 radical (unpaired) electrons. The summed E-state index contributed by atoms with van der Waals surface area (Å²) in [4.78, 5) is 30.2. The number of piperidine rings is 1. The molecule has 2 amide bonds. The van der Waals surface area contributed by atoms with Gasteiger partial charge in [0.1, 0.15) is 0 Å². The highest BCUT2D eigenvalue weighted by molar-refractivity contribution is 7.99. The number of ether oxygens (including phenoxy) is 1. The zero-order valence-electron chi connectivity index (χ0n) is 25.6. The minimum atomic E-state index is -0.908. The van der Waals surface area contributed by atoms with E-state index in [0.717, 1.165) is 30.7 Å². The van der Waals surface area contributed by atoms with Crippen LogP contribution in [-0.4, -0.2) is 76.6 Å². The predicted molar refractivity (Wildman–Crippen MR) is 167 cm³/mol. The number of fused-ring (bicyclic) bond motifs is 1. The van der Waals surface area contributed by atoms with E-state index in [1.807, 2.05) is 51.1 Å². The summed E-state index contributed by atoms with van der Waals surface area (Å²) in [6, 6.07) is 12.0. The second kappa shape index (κ2) is 14.1. The van der Waals surface area contributed by atoms with Crippen molar-refractivity contribution in [2.24, 2.45) is 11.8 Å². The van der Waals surface area contributed by atoms with Gasteiger partial charge in [0.25, 0.3) is 5.91 Å². The fourth-order valence-corrected chi connectivity index (χ4v) is 7.40. The number of nitrogens with one attached hydrogen (secondary N) is 2. The molecule has 0 spiro atoms. The van der Waals surface area contributed by atoms with E-state index in [2.05, 4.69) is 15.5 Å². The van der Waals surface area contributed by atoms with Crippen molar-refractivity contribution in [3.05, 3.63) is 53.6 Å². The molecule has 2 aromatic carbocycles. The van der Waals surface area contributed by atoms with Crippen LogP contribution in [0, 0.1) is 18.8 Å². The number of phenols is 1. The molecule has 0 unspecified atom stereocenters.